The number of benzene rings is 1. The van der Waals surface area contributed by atoms with Crippen LogP contribution >= 0.6 is 22.7 Å². The molecule has 0 aliphatic heterocycles. The van der Waals surface area contributed by atoms with Crippen LogP contribution in [0.2, 0.25) is 0 Å². The SMILES string of the molecule is Cc1nc(COc2ccc(C=CC(=O)Nc3nccs3)cc2)cs1. The van der Waals surface area contributed by atoms with Crippen LogP contribution in [0.1, 0.15) is 16.3 Å². The van der Waals surface area contributed by atoms with E-state index in [9.17, 15) is 4.79 Å². The molecule has 0 bridgehead atoms. The van der Waals surface area contributed by atoms with E-state index in [0.717, 1.165) is 22.0 Å². The predicted octanol–water partition coefficient (Wildman–Crippen LogP) is 4.14. The quantitative estimate of drug-likeness (QED) is 0.674. The molecule has 5 nitrogen and oxygen atoms in total. The second kappa shape index (κ2) is 7.85. The lowest BCUT2D eigenvalue weighted by molar-refractivity contribution is -0.111. The molecule has 0 unspecified atom stereocenters. The molecule has 3 rings (SSSR count). The minimum absolute atomic E-state index is 0.204. The Balaban J connectivity index is 1.52. The summed E-state index contributed by atoms with van der Waals surface area (Å²) < 4.78 is 5.69. The molecule has 24 heavy (non-hydrogen) atoms. The Bertz CT molecular complexity index is 824. The van der Waals surface area contributed by atoms with Gasteiger partial charge in [0.1, 0.15) is 12.4 Å². The van der Waals surface area contributed by atoms with Gasteiger partial charge >= 0.3 is 0 Å². The van der Waals surface area contributed by atoms with Crippen LogP contribution in [0.4, 0.5) is 5.13 Å². The molecule has 7 heteroatoms. The van der Waals surface area contributed by atoms with Crippen molar-refractivity contribution < 1.29 is 9.53 Å². The predicted molar refractivity (Wildman–Crippen MR) is 97.4 cm³/mol. The smallest absolute Gasteiger partial charge is 0.250 e. The maximum Gasteiger partial charge on any atom is 0.250 e. The first-order valence-electron chi connectivity index (χ1n) is 7.21. The minimum atomic E-state index is -0.204. The summed E-state index contributed by atoms with van der Waals surface area (Å²) in [7, 11) is 0. The normalized spacial score (nSPS) is 10.9. The molecule has 0 aliphatic rings. The summed E-state index contributed by atoms with van der Waals surface area (Å²) in [6, 6.07) is 7.54. The lowest BCUT2D eigenvalue weighted by Gasteiger charge is -2.04. The van der Waals surface area contributed by atoms with Gasteiger partial charge in [0.2, 0.25) is 5.91 Å². The van der Waals surface area contributed by atoms with Crippen LogP contribution in [-0.2, 0) is 11.4 Å². The summed E-state index contributed by atoms with van der Waals surface area (Å²) in [5.41, 5.74) is 1.85. The van der Waals surface area contributed by atoms with Gasteiger partial charge in [-0.25, -0.2) is 9.97 Å². The Morgan fingerprint density at radius 3 is 2.79 bits per heavy atom. The maximum absolute atomic E-state index is 11.8. The zero-order valence-electron chi connectivity index (χ0n) is 12.9. The number of aryl methyl sites for hydroxylation is 1. The molecule has 1 aromatic carbocycles. The van der Waals surface area contributed by atoms with E-state index in [2.05, 4.69) is 15.3 Å². The largest absolute Gasteiger partial charge is 0.487 e. The number of amides is 1. The van der Waals surface area contributed by atoms with E-state index in [4.69, 9.17) is 4.74 Å². The summed E-state index contributed by atoms with van der Waals surface area (Å²) in [6.45, 7) is 2.43. The van der Waals surface area contributed by atoms with E-state index in [0.29, 0.717) is 11.7 Å². The van der Waals surface area contributed by atoms with Gasteiger partial charge in [-0.2, -0.15) is 0 Å². The number of hydrogen-bond acceptors (Lipinski definition) is 6. The Labute approximate surface area is 147 Å². The third kappa shape index (κ3) is 4.74. The van der Waals surface area contributed by atoms with Gasteiger partial charge in [0.15, 0.2) is 5.13 Å². The van der Waals surface area contributed by atoms with Crippen LogP contribution < -0.4 is 10.1 Å². The van der Waals surface area contributed by atoms with Crippen LogP contribution in [0, 0.1) is 6.92 Å². The first kappa shape index (κ1) is 16.4. The van der Waals surface area contributed by atoms with Gasteiger partial charge in [0, 0.05) is 23.0 Å². The Kier molecular flexibility index (Phi) is 5.35. The highest BCUT2D eigenvalue weighted by Gasteiger charge is 2.01. The van der Waals surface area contributed by atoms with Crippen molar-refractivity contribution in [3.63, 3.8) is 0 Å². The molecule has 0 fully saturated rings. The van der Waals surface area contributed by atoms with E-state index < -0.39 is 0 Å². The second-order valence-electron chi connectivity index (χ2n) is 4.88. The number of ether oxygens (including phenoxy) is 1. The molecule has 0 atom stereocenters. The maximum atomic E-state index is 11.8. The highest BCUT2D eigenvalue weighted by atomic mass is 32.1. The average Bonchev–Trinajstić information content (AvgIpc) is 3.24. The summed E-state index contributed by atoms with van der Waals surface area (Å²) in [5.74, 6) is 0.564. The molecule has 2 heterocycles. The molecule has 1 N–H and O–H groups in total. The van der Waals surface area contributed by atoms with Gasteiger partial charge in [0.25, 0.3) is 0 Å². The highest BCUT2D eigenvalue weighted by molar-refractivity contribution is 7.13. The number of thiazole rings is 2. The number of hydrogen-bond donors (Lipinski definition) is 1. The Hall–Kier alpha value is -2.51. The van der Waals surface area contributed by atoms with Crippen LogP contribution in [0.5, 0.6) is 5.75 Å². The van der Waals surface area contributed by atoms with E-state index in [-0.39, 0.29) is 5.91 Å². The number of carbonyl (C=O) groups excluding carboxylic acids is 1. The fourth-order valence-electron chi connectivity index (χ4n) is 1.91. The molecule has 0 aliphatic carbocycles. The van der Waals surface area contributed by atoms with Gasteiger partial charge in [-0.15, -0.1) is 22.7 Å². The molecular formula is C17H15N3O2S2. The van der Waals surface area contributed by atoms with Gasteiger partial charge < -0.3 is 4.74 Å². The van der Waals surface area contributed by atoms with Crippen molar-refractivity contribution in [2.75, 3.05) is 5.32 Å². The minimum Gasteiger partial charge on any atom is -0.487 e. The third-order valence-electron chi connectivity index (χ3n) is 3.02. The number of nitrogens with one attached hydrogen (secondary N) is 1. The van der Waals surface area contributed by atoms with Gasteiger partial charge in [0.05, 0.1) is 10.7 Å². The van der Waals surface area contributed by atoms with Gasteiger partial charge in [-0.05, 0) is 30.7 Å². The topological polar surface area (TPSA) is 64.1 Å². The Morgan fingerprint density at radius 2 is 2.12 bits per heavy atom. The van der Waals surface area contributed by atoms with Crippen LogP contribution in [0.3, 0.4) is 0 Å². The number of carbonyl (C=O) groups is 1. The summed E-state index contributed by atoms with van der Waals surface area (Å²) >= 11 is 2.99. The molecule has 1 amide bonds. The monoisotopic (exact) mass is 357 g/mol. The first-order valence-corrected chi connectivity index (χ1v) is 8.97. The van der Waals surface area contributed by atoms with E-state index >= 15 is 0 Å². The molecule has 122 valence electrons. The zero-order valence-corrected chi connectivity index (χ0v) is 14.6. The first-order chi connectivity index (χ1) is 11.7. The number of nitrogens with zero attached hydrogens (tertiary/aromatic N) is 2. The fourth-order valence-corrected chi connectivity index (χ4v) is 3.04. The molecular weight excluding hydrogens is 342 g/mol. The third-order valence-corrected chi connectivity index (χ3v) is 4.53. The molecule has 0 saturated carbocycles. The van der Waals surface area contributed by atoms with Crippen molar-refractivity contribution in [2.24, 2.45) is 0 Å². The highest BCUT2D eigenvalue weighted by Crippen LogP contribution is 2.16. The van der Waals surface area contributed by atoms with Gasteiger partial charge in [-0.1, -0.05) is 12.1 Å². The van der Waals surface area contributed by atoms with Crippen LogP contribution in [-0.4, -0.2) is 15.9 Å². The summed E-state index contributed by atoms with van der Waals surface area (Å²) in [4.78, 5) is 20.1. The lowest BCUT2D eigenvalue weighted by atomic mass is 10.2. The van der Waals surface area contributed by atoms with Crippen LogP contribution in [0.15, 0.2) is 47.3 Å². The number of aromatic nitrogens is 2. The molecule has 3 aromatic rings. The Morgan fingerprint density at radius 1 is 1.29 bits per heavy atom. The van der Waals surface area contributed by atoms with E-state index in [1.165, 1.54) is 17.4 Å². The molecule has 2 aromatic heterocycles. The van der Waals surface area contributed by atoms with Crippen LogP contribution in [0.25, 0.3) is 6.08 Å². The fraction of sp³-hybridized carbons (Fsp3) is 0.118. The zero-order chi connectivity index (χ0) is 16.8. The molecule has 0 saturated heterocycles. The number of rotatable bonds is 6. The van der Waals surface area contributed by atoms with Crippen molar-refractivity contribution in [3.05, 3.63) is 63.6 Å². The summed E-state index contributed by atoms with van der Waals surface area (Å²) in [6.07, 6.45) is 4.88. The van der Waals surface area contributed by atoms with Crippen molar-refractivity contribution in [3.8, 4) is 5.75 Å². The molecule has 0 radical (unpaired) electrons. The van der Waals surface area contributed by atoms with Crippen molar-refractivity contribution in [1.82, 2.24) is 9.97 Å². The standard InChI is InChI=1S/C17H15N3O2S2/c1-12-19-14(11-24-12)10-22-15-5-2-13(3-6-15)4-7-16(21)20-17-18-8-9-23-17/h2-9,11H,10H2,1H3,(H,18,20,21). The molecule has 0 spiro atoms. The van der Waals surface area contributed by atoms with Crippen molar-refractivity contribution >= 4 is 39.8 Å². The summed E-state index contributed by atoms with van der Waals surface area (Å²) in [5, 5.41) is 8.12. The van der Waals surface area contributed by atoms with E-state index in [1.54, 1.807) is 23.6 Å². The number of anilines is 1. The second-order valence-corrected chi connectivity index (χ2v) is 6.83. The van der Waals surface area contributed by atoms with Crippen molar-refractivity contribution in [2.45, 2.75) is 13.5 Å². The lowest BCUT2D eigenvalue weighted by Crippen LogP contribution is -2.06. The van der Waals surface area contributed by atoms with Gasteiger partial charge in [-0.3, -0.25) is 10.1 Å². The van der Waals surface area contributed by atoms with Crippen molar-refractivity contribution in [1.29, 1.82) is 0 Å². The van der Waals surface area contributed by atoms with E-state index in [1.807, 2.05) is 41.9 Å². The average molecular weight is 357 g/mol.